The van der Waals surface area contributed by atoms with Crippen molar-refractivity contribution in [3.63, 3.8) is 0 Å². The van der Waals surface area contributed by atoms with Crippen LogP contribution in [0.3, 0.4) is 0 Å². The Balaban J connectivity index is 1.79. The average Bonchev–Trinajstić information content (AvgIpc) is 2.96. The monoisotopic (exact) mass is 463 g/mol. The van der Waals surface area contributed by atoms with Crippen molar-refractivity contribution in [3.8, 4) is 5.88 Å². The molecule has 2 aromatic carbocycles. The molecular weight excluding hydrogens is 446 g/mol. The van der Waals surface area contributed by atoms with E-state index in [1.165, 1.54) is 7.11 Å². The van der Waals surface area contributed by atoms with E-state index in [2.05, 4.69) is 21.0 Å². The van der Waals surface area contributed by atoms with Gasteiger partial charge >= 0.3 is 6.09 Å². The molecule has 3 rings (SSSR count). The van der Waals surface area contributed by atoms with Crippen LogP contribution in [-0.4, -0.2) is 28.1 Å². The number of para-hydroxylation sites is 1. The van der Waals surface area contributed by atoms with E-state index in [1.54, 1.807) is 34.6 Å². The van der Waals surface area contributed by atoms with Crippen LogP contribution >= 0.6 is 27.7 Å². The lowest BCUT2D eigenvalue weighted by atomic mass is 10.2. The molecule has 1 N–H and O–H groups in total. The van der Waals surface area contributed by atoms with Gasteiger partial charge in [0.1, 0.15) is 16.1 Å². The van der Waals surface area contributed by atoms with Crippen LogP contribution in [-0.2, 0) is 18.5 Å². The van der Waals surface area contributed by atoms with Crippen molar-refractivity contribution in [2.45, 2.75) is 16.5 Å². The van der Waals surface area contributed by atoms with Crippen molar-refractivity contribution in [1.82, 2.24) is 9.78 Å². The van der Waals surface area contributed by atoms with Gasteiger partial charge in [-0.1, -0.05) is 48.2 Å². The Morgan fingerprint density at radius 2 is 1.89 bits per heavy atom. The van der Waals surface area contributed by atoms with Crippen molar-refractivity contribution < 1.29 is 19.5 Å². The standard InChI is InChI=1S/C19H18BrN3O4S/c1-22-18(28-14-9-4-3-5-10-14)16(20)17(21-22)27-12-13-8-6-7-11-15(13)23(26-2)19(24)25/h3-11H,12H2,1-2H3,(H,24,25). The van der Waals surface area contributed by atoms with Crippen LogP contribution < -0.4 is 9.80 Å². The Morgan fingerprint density at radius 3 is 2.57 bits per heavy atom. The van der Waals surface area contributed by atoms with E-state index < -0.39 is 6.09 Å². The van der Waals surface area contributed by atoms with Gasteiger partial charge in [-0.25, -0.2) is 4.79 Å². The van der Waals surface area contributed by atoms with Crippen LogP contribution in [0.15, 0.2) is 69.0 Å². The van der Waals surface area contributed by atoms with Crippen LogP contribution in [0.5, 0.6) is 5.88 Å². The molecule has 0 radical (unpaired) electrons. The number of carbonyl (C=O) groups is 1. The molecule has 0 aliphatic rings. The molecule has 0 bridgehead atoms. The van der Waals surface area contributed by atoms with E-state index in [1.807, 2.05) is 43.4 Å². The maximum atomic E-state index is 11.4. The van der Waals surface area contributed by atoms with Gasteiger partial charge < -0.3 is 9.84 Å². The largest absolute Gasteiger partial charge is 0.471 e. The number of rotatable bonds is 7. The van der Waals surface area contributed by atoms with E-state index in [4.69, 9.17) is 9.57 Å². The van der Waals surface area contributed by atoms with Crippen molar-refractivity contribution >= 4 is 39.5 Å². The van der Waals surface area contributed by atoms with Gasteiger partial charge in [-0.15, -0.1) is 5.10 Å². The molecule has 0 spiro atoms. The smallest absolute Gasteiger partial charge is 0.436 e. The van der Waals surface area contributed by atoms with Gasteiger partial charge in [0.25, 0.3) is 0 Å². The van der Waals surface area contributed by atoms with Crippen LogP contribution in [0.1, 0.15) is 5.56 Å². The minimum absolute atomic E-state index is 0.133. The lowest BCUT2D eigenvalue weighted by Crippen LogP contribution is -2.28. The molecule has 0 saturated carbocycles. The molecule has 0 atom stereocenters. The van der Waals surface area contributed by atoms with Crippen molar-refractivity contribution in [2.24, 2.45) is 7.05 Å². The molecule has 1 amide bonds. The molecule has 28 heavy (non-hydrogen) atoms. The fourth-order valence-corrected chi connectivity index (χ4v) is 4.08. The fourth-order valence-electron chi connectivity index (χ4n) is 2.52. The molecule has 7 nitrogen and oxygen atoms in total. The van der Waals surface area contributed by atoms with Crippen LogP contribution in [0.4, 0.5) is 10.5 Å². The second-order valence-corrected chi connectivity index (χ2v) is 7.50. The van der Waals surface area contributed by atoms with Crippen LogP contribution in [0.25, 0.3) is 0 Å². The van der Waals surface area contributed by atoms with E-state index >= 15 is 0 Å². The Hall–Kier alpha value is -2.49. The molecule has 0 fully saturated rings. The second-order valence-electron chi connectivity index (χ2n) is 5.64. The van der Waals surface area contributed by atoms with Crippen molar-refractivity contribution in [1.29, 1.82) is 0 Å². The molecule has 1 heterocycles. The first-order valence-electron chi connectivity index (χ1n) is 8.24. The number of amides is 1. The summed E-state index contributed by atoms with van der Waals surface area (Å²) in [5.41, 5.74) is 1.05. The summed E-state index contributed by atoms with van der Waals surface area (Å²) < 4.78 is 8.35. The highest BCUT2D eigenvalue weighted by Crippen LogP contribution is 2.38. The number of aromatic nitrogens is 2. The Bertz CT molecular complexity index is 965. The van der Waals surface area contributed by atoms with Gasteiger partial charge in [0, 0.05) is 17.5 Å². The Morgan fingerprint density at radius 1 is 1.21 bits per heavy atom. The third kappa shape index (κ3) is 4.49. The maximum Gasteiger partial charge on any atom is 0.436 e. The van der Waals surface area contributed by atoms with Crippen LogP contribution in [0, 0.1) is 0 Å². The zero-order chi connectivity index (χ0) is 20.1. The summed E-state index contributed by atoms with van der Waals surface area (Å²) in [6.07, 6.45) is -1.21. The summed E-state index contributed by atoms with van der Waals surface area (Å²) in [5.74, 6) is 0.426. The quantitative estimate of drug-likeness (QED) is 0.499. The minimum Gasteiger partial charge on any atom is -0.471 e. The number of hydrogen-bond donors (Lipinski definition) is 1. The Labute approximate surface area is 174 Å². The predicted octanol–water partition coefficient (Wildman–Crippen LogP) is 4.96. The zero-order valence-corrected chi connectivity index (χ0v) is 17.6. The molecule has 0 aliphatic heterocycles. The van der Waals surface area contributed by atoms with Gasteiger partial charge in [-0.3, -0.25) is 9.52 Å². The first-order valence-corrected chi connectivity index (χ1v) is 9.85. The van der Waals surface area contributed by atoms with Crippen molar-refractivity contribution in [2.75, 3.05) is 12.2 Å². The lowest BCUT2D eigenvalue weighted by Gasteiger charge is -2.19. The molecule has 0 unspecified atom stereocenters. The van der Waals surface area contributed by atoms with Crippen molar-refractivity contribution in [3.05, 3.63) is 64.6 Å². The van der Waals surface area contributed by atoms with Gasteiger partial charge in [-0.05, 0) is 34.1 Å². The Kier molecular flexibility index (Phi) is 6.61. The molecule has 1 aromatic heterocycles. The van der Waals surface area contributed by atoms with Crippen LogP contribution in [0.2, 0.25) is 0 Å². The molecule has 9 heteroatoms. The number of benzene rings is 2. The number of nitrogens with zero attached hydrogens (tertiary/aromatic N) is 3. The summed E-state index contributed by atoms with van der Waals surface area (Å²) in [6.45, 7) is 0.133. The van der Waals surface area contributed by atoms with Gasteiger partial charge in [0.05, 0.1) is 12.8 Å². The number of aryl methyl sites for hydroxylation is 1. The topological polar surface area (TPSA) is 76.8 Å². The summed E-state index contributed by atoms with van der Waals surface area (Å²) >= 11 is 5.13. The molecule has 3 aromatic rings. The van der Waals surface area contributed by atoms with E-state index in [-0.39, 0.29) is 6.61 Å². The SMILES string of the molecule is CON(C(=O)O)c1ccccc1COc1nn(C)c(Sc2ccccc2)c1Br. The third-order valence-corrected chi connectivity index (χ3v) is 5.95. The van der Waals surface area contributed by atoms with Gasteiger partial charge in [-0.2, -0.15) is 5.06 Å². The zero-order valence-electron chi connectivity index (χ0n) is 15.2. The number of hydroxylamine groups is 1. The minimum atomic E-state index is -1.21. The average molecular weight is 464 g/mol. The summed E-state index contributed by atoms with van der Waals surface area (Å²) in [6, 6.07) is 16.9. The third-order valence-electron chi connectivity index (χ3n) is 3.80. The van der Waals surface area contributed by atoms with E-state index in [0.717, 1.165) is 19.5 Å². The molecule has 146 valence electrons. The lowest BCUT2D eigenvalue weighted by molar-refractivity contribution is 0.129. The maximum absolute atomic E-state index is 11.4. The fraction of sp³-hybridized carbons (Fsp3) is 0.158. The number of halogens is 1. The number of carboxylic acid groups (broad SMARTS) is 1. The highest BCUT2D eigenvalue weighted by Gasteiger charge is 2.20. The first kappa shape index (κ1) is 20.2. The highest BCUT2D eigenvalue weighted by molar-refractivity contribution is 9.10. The van der Waals surface area contributed by atoms with Gasteiger partial charge in [0.2, 0.25) is 5.88 Å². The highest BCUT2D eigenvalue weighted by atomic mass is 79.9. The van der Waals surface area contributed by atoms with E-state index in [0.29, 0.717) is 17.1 Å². The normalized spacial score (nSPS) is 10.7. The number of hydrogen-bond acceptors (Lipinski definition) is 5. The number of ether oxygens (including phenoxy) is 1. The summed E-state index contributed by atoms with van der Waals surface area (Å²) in [5, 5.41) is 15.4. The summed E-state index contributed by atoms with van der Waals surface area (Å²) in [7, 11) is 3.14. The van der Waals surface area contributed by atoms with Gasteiger partial charge in [0.15, 0.2) is 0 Å². The molecule has 0 aliphatic carbocycles. The molecule has 0 saturated heterocycles. The second kappa shape index (κ2) is 9.13. The van der Waals surface area contributed by atoms with E-state index in [9.17, 15) is 9.90 Å². The summed E-state index contributed by atoms with van der Waals surface area (Å²) in [4.78, 5) is 17.4. The predicted molar refractivity (Wildman–Crippen MR) is 110 cm³/mol. The molecular formula is C19H18BrN3O4S. The first-order chi connectivity index (χ1) is 13.5. The number of anilines is 1.